The minimum Gasteiger partial charge on any atom is -0.369 e. The van der Waals surface area contributed by atoms with Crippen molar-refractivity contribution in [2.75, 3.05) is 37.6 Å². The highest BCUT2D eigenvalue weighted by Gasteiger charge is 2.16. The summed E-state index contributed by atoms with van der Waals surface area (Å²) in [6, 6.07) is 10.7. The van der Waals surface area contributed by atoms with Crippen molar-refractivity contribution in [2.45, 2.75) is 26.3 Å². The van der Waals surface area contributed by atoms with Crippen molar-refractivity contribution in [3.63, 3.8) is 0 Å². The summed E-state index contributed by atoms with van der Waals surface area (Å²) >= 11 is 5.92. The normalized spacial score (nSPS) is 16.0. The summed E-state index contributed by atoms with van der Waals surface area (Å²) in [5.41, 5.74) is 1.35. The van der Waals surface area contributed by atoms with Gasteiger partial charge in [0.15, 0.2) is 0 Å². The van der Waals surface area contributed by atoms with Crippen molar-refractivity contribution in [1.82, 2.24) is 14.5 Å². The van der Waals surface area contributed by atoms with Gasteiger partial charge in [0.1, 0.15) is 11.0 Å². The molecule has 0 amide bonds. The third-order valence-electron chi connectivity index (χ3n) is 4.56. The Morgan fingerprint density at radius 3 is 2.35 bits per heavy atom. The Balaban J connectivity index is 1.36. The molecule has 23 heavy (non-hydrogen) atoms. The van der Waals surface area contributed by atoms with E-state index in [0.29, 0.717) is 5.15 Å². The van der Waals surface area contributed by atoms with Gasteiger partial charge >= 0.3 is 0 Å². The number of anilines is 1. The first kappa shape index (κ1) is 16.3. The fourth-order valence-corrected chi connectivity index (χ4v) is 3.42. The van der Waals surface area contributed by atoms with E-state index in [2.05, 4.69) is 49.7 Å². The lowest BCUT2D eigenvalue weighted by atomic mass is 10.2. The lowest BCUT2D eigenvalue weighted by Gasteiger charge is -2.36. The minimum atomic E-state index is 0.597. The van der Waals surface area contributed by atoms with Crippen LogP contribution in [0.4, 0.5) is 5.69 Å². The van der Waals surface area contributed by atoms with E-state index in [0.717, 1.165) is 38.5 Å². The molecule has 1 aromatic heterocycles. The summed E-state index contributed by atoms with van der Waals surface area (Å²) in [6.45, 7) is 8.77. The molecule has 0 saturated carbocycles. The fourth-order valence-electron chi connectivity index (χ4n) is 3.18. The van der Waals surface area contributed by atoms with Crippen LogP contribution in [0.3, 0.4) is 0 Å². The van der Waals surface area contributed by atoms with Crippen molar-refractivity contribution in [1.29, 1.82) is 0 Å². The second-order valence-corrected chi connectivity index (χ2v) is 6.56. The molecule has 0 bridgehead atoms. The monoisotopic (exact) mass is 332 g/mol. The third kappa shape index (κ3) is 4.49. The summed E-state index contributed by atoms with van der Waals surface area (Å²) < 4.78 is 2.15. The van der Waals surface area contributed by atoms with Gasteiger partial charge in [-0.15, -0.1) is 0 Å². The SMILES string of the molecule is Cc1nc(Cl)cn1CCCCN1CCN(c2ccccc2)CC1. The molecule has 4 nitrogen and oxygen atoms in total. The molecule has 1 aliphatic heterocycles. The number of hydrogen-bond acceptors (Lipinski definition) is 3. The van der Waals surface area contributed by atoms with E-state index < -0.39 is 0 Å². The molecule has 0 aliphatic carbocycles. The van der Waals surface area contributed by atoms with E-state index in [9.17, 15) is 0 Å². The van der Waals surface area contributed by atoms with E-state index >= 15 is 0 Å². The van der Waals surface area contributed by atoms with Crippen molar-refractivity contribution in [3.05, 3.63) is 47.5 Å². The number of piperazine rings is 1. The summed E-state index contributed by atoms with van der Waals surface area (Å²) in [5.74, 6) is 1.01. The van der Waals surface area contributed by atoms with Crippen LogP contribution in [-0.2, 0) is 6.54 Å². The molecule has 0 radical (unpaired) electrons. The second kappa shape index (κ2) is 7.84. The topological polar surface area (TPSA) is 24.3 Å². The maximum Gasteiger partial charge on any atom is 0.147 e. The number of aromatic nitrogens is 2. The molecule has 2 heterocycles. The van der Waals surface area contributed by atoms with Gasteiger partial charge in [-0.25, -0.2) is 4.98 Å². The first-order valence-electron chi connectivity index (χ1n) is 8.44. The van der Waals surface area contributed by atoms with Gasteiger partial charge in [-0.05, 0) is 38.4 Å². The maximum atomic E-state index is 5.92. The molecule has 124 valence electrons. The first-order valence-corrected chi connectivity index (χ1v) is 8.82. The van der Waals surface area contributed by atoms with Crippen molar-refractivity contribution in [2.24, 2.45) is 0 Å². The highest BCUT2D eigenvalue weighted by atomic mass is 35.5. The summed E-state index contributed by atoms with van der Waals surface area (Å²) in [5, 5.41) is 0.597. The largest absolute Gasteiger partial charge is 0.369 e. The molecule has 1 fully saturated rings. The number of nitrogens with zero attached hydrogens (tertiary/aromatic N) is 4. The molecule has 3 rings (SSSR count). The molecular weight excluding hydrogens is 308 g/mol. The third-order valence-corrected chi connectivity index (χ3v) is 4.75. The second-order valence-electron chi connectivity index (χ2n) is 6.18. The van der Waals surface area contributed by atoms with Crippen molar-refractivity contribution < 1.29 is 0 Å². The number of para-hydroxylation sites is 1. The highest BCUT2D eigenvalue weighted by molar-refractivity contribution is 6.29. The van der Waals surface area contributed by atoms with Crippen LogP contribution >= 0.6 is 11.6 Å². The van der Waals surface area contributed by atoms with Gasteiger partial charge in [-0.3, -0.25) is 4.90 Å². The zero-order valence-corrected chi connectivity index (χ0v) is 14.5. The van der Waals surface area contributed by atoms with Gasteiger partial charge in [0.2, 0.25) is 0 Å². The molecule has 0 N–H and O–H groups in total. The van der Waals surface area contributed by atoms with Gasteiger partial charge in [0.25, 0.3) is 0 Å². The lowest BCUT2D eigenvalue weighted by Crippen LogP contribution is -2.46. The molecule has 1 aliphatic rings. The maximum absolute atomic E-state index is 5.92. The first-order chi connectivity index (χ1) is 11.2. The van der Waals surface area contributed by atoms with E-state index in [4.69, 9.17) is 11.6 Å². The fraction of sp³-hybridized carbons (Fsp3) is 0.500. The number of rotatable bonds is 6. The van der Waals surface area contributed by atoms with Gasteiger partial charge in [0.05, 0.1) is 0 Å². The number of unbranched alkanes of at least 4 members (excludes halogenated alkanes) is 1. The molecule has 0 spiro atoms. The van der Waals surface area contributed by atoms with Crippen LogP contribution < -0.4 is 4.90 Å². The lowest BCUT2D eigenvalue weighted by molar-refractivity contribution is 0.251. The van der Waals surface area contributed by atoms with E-state index in [1.54, 1.807) is 0 Å². The van der Waals surface area contributed by atoms with Crippen molar-refractivity contribution in [3.8, 4) is 0 Å². The van der Waals surface area contributed by atoms with Crippen LogP contribution in [0.15, 0.2) is 36.5 Å². The number of halogens is 1. The quantitative estimate of drug-likeness (QED) is 0.757. The predicted octanol–water partition coefficient (Wildman–Crippen LogP) is 3.45. The number of imidazole rings is 1. The van der Waals surface area contributed by atoms with Gasteiger partial charge in [-0.2, -0.15) is 0 Å². The van der Waals surface area contributed by atoms with Crippen LogP contribution in [-0.4, -0.2) is 47.2 Å². The smallest absolute Gasteiger partial charge is 0.147 e. The minimum absolute atomic E-state index is 0.597. The standard InChI is InChI=1S/C18H25ClN4/c1-16-20-18(19)15-23(16)10-6-5-9-21-11-13-22(14-12-21)17-7-3-2-4-8-17/h2-4,7-8,15H,5-6,9-14H2,1H3. The molecule has 5 heteroatoms. The van der Waals surface area contributed by atoms with Gasteiger partial charge in [-0.1, -0.05) is 29.8 Å². The molecule has 1 saturated heterocycles. The number of benzene rings is 1. The Kier molecular flexibility index (Phi) is 5.57. The van der Waals surface area contributed by atoms with Crippen molar-refractivity contribution >= 4 is 17.3 Å². The molecule has 0 unspecified atom stereocenters. The Bertz CT molecular complexity index is 603. The summed E-state index contributed by atoms with van der Waals surface area (Å²) in [6.07, 6.45) is 4.32. The van der Waals surface area contributed by atoms with Gasteiger partial charge in [0, 0.05) is 44.6 Å². The Labute approximate surface area is 143 Å². The zero-order valence-electron chi connectivity index (χ0n) is 13.8. The Morgan fingerprint density at radius 1 is 1.00 bits per heavy atom. The van der Waals surface area contributed by atoms with Crippen LogP contribution in [0.1, 0.15) is 18.7 Å². The molecule has 1 aromatic carbocycles. The van der Waals surface area contributed by atoms with Crippen LogP contribution in [0.5, 0.6) is 0 Å². The van der Waals surface area contributed by atoms with Crippen LogP contribution in [0, 0.1) is 6.92 Å². The zero-order chi connectivity index (χ0) is 16.1. The summed E-state index contributed by atoms with van der Waals surface area (Å²) in [4.78, 5) is 9.29. The van der Waals surface area contributed by atoms with Crippen LogP contribution in [0.2, 0.25) is 5.15 Å². The predicted molar refractivity (Wildman–Crippen MR) is 96.3 cm³/mol. The van der Waals surface area contributed by atoms with E-state index in [-0.39, 0.29) is 0 Å². The van der Waals surface area contributed by atoms with E-state index in [1.165, 1.54) is 25.1 Å². The number of hydrogen-bond donors (Lipinski definition) is 0. The molecular formula is C18H25ClN4. The molecule has 0 atom stereocenters. The van der Waals surface area contributed by atoms with Crippen LogP contribution in [0.25, 0.3) is 0 Å². The molecule has 2 aromatic rings. The Morgan fingerprint density at radius 2 is 1.70 bits per heavy atom. The average molecular weight is 333 g/mol. The highest BCUT2D eigenvalue weighted by Crippen LogP contribution is 2.16. The average Bonchev–Trinajstić information content (AvgIpc) is 2.90. The van der Waals surface area contributed by atoms with Gasteiger partial charge < -0.3 is 9.47 Å². The van der Waals surface area contributed by atoms with E-state index in [1.807, 2.05) is 13.1 Å². The Hall–Kier alpha value is -1.52. The summed E-state index contributed by atoms with van der Waals surface area (Å²) in [7, 11) is 0. The number of aryl methyl sites for hydroxylation is 2.